The molecule has 6 heteroatoms. The van der Waals surface area contributed by atoms with Crippen LogP contribution in [0.4, 0.5) is 0 Å². The average Bonchev–Trinajstić information content (AvgIpc) is 3.47. The summed E-state index contributed by atoms with van der Waals surface area (Å²) in [5, 5.41) is 0. The molecule has 0 saturated carbocycles. The Kier molecular flexibility index (Phi) is 65.8. The van der Waals surface area contributed by atoms with Crippen molar-refractivity contribution in [3.05, 3.63) is 122 Å². The SMILES string of the molecule is CC/C=C\C/C=C\C/C=C\C/C=C\C/C=C\CCCCCCCCCCCCCCCC(=O)OCC(COC(=O)CCCCCCCCCCCCCCCC)OC(=O)CCCCCCC/C=C\C/C=C\C/C=C\C/C=C\C/C=C\CC. The van der Waals surface area contributed by atoms with Crippen molar-refractivity contribution in [3.8, 4) is 0 Å². The molecule has 0 saturated heterocycles. The molecule has 1 unspecified atom stereocenters. The molecule has 1 atom stereocenters. The largest absolute Gasteiger partial charge is 0.462 e. The summed E-state index contributed by atoms with van der Waals surface area (Å²) in [6.45, 7) is 6.43. The fraction of sp³-hybridized carbons (Fsp3) is 0.697. The van der Waals surface area contributed by atoms with Crippen LogP contribution >= 0.6 is 0 Å². The molecule has 0 radical (unpaired) electrons. The molecule has 82 heavy (non-hydrogen) atoms. The summed E-state index contributed by atoms with van der Waals surface area (Å²) < 4.78 is 17.0. The van der Waals surface area contributed by atoms with Gasteiger partial charge in [-0.15, -0.1) is 0 Å². The van der Waals surface area contributed by atoms with Gasteiger partial charge >= 0.3 is 17.9 Å². The minimum atomic E-state index is -0.791. The molecule has 0 spiro atoms. The molecule has 0 heterocycles. The Balaban J connectivity index is 4.33. The summed E-state index contributed by atoms with van der Waals surface area (Å²) in [6, 6.07) is 0. The lowest BCUT2D eigenvalue weighted by Crippen LogP contribution is -2.30. The normalized spacial score (nSPS) is 12.9. The zero-order valence-corrected chi connectivity index (χ0v) is 53.7. The highest BCUT2D eigenvalue weighted by Gasteiger charge is 2.19. The van der Waals surface area contributed by atoms with Gasteiger partial charge in [-0.1, -0.05) is 316 Å². The van der Waals surface area contributed by atoms with E-state index in [1.165, 1.54) is 141 Å². The zero-order valence-electron chi connectivity index (χ0n) is 53.7. The number of allylic oxidation sites excluding steroid dienone is 20. The van der Waals surface area contributed by atoms with Gasteiger partial charge in [-0.05, 0) is 109 Å². The first-order valence-corrected chi connectivity index (χ1v) is 34.5. The maximum absolute atomic E-state index is 12.9. The molecule has 0 N–H and O–H groups in total. The fourth-order valence-electron chi connectivity index (χ4n) is 9.62. The third-order valence-electron chi connectivity index (χ3n) is 14.7. The van der Waals surface area contributed by atoms with Crippen LogP contribution < -0.4 is 0 Å². The summed E-state index contributed by atoms with van der Waals surface area (Å²) >= 11 is 0. The number of esters is 3. The first-order valence-electron chi connectivity index (χ1n) is 34.5. The van der Waals surface area contributed by atoms with E-state index in [2.05, 4.69) is 142 Å². The Morgan fingerprint density at radius 1 is 0.256 bits per heavy atom. The number of hydrogen-bond acceptors (Lipinski definition) is 6. The van der Waals surface area contributed by atoms with E-state index in [1.807, 2.05) is 0 Å². The van der Waals surface area contributed by atoms with Crippen LogP contribution in [0, 0.1) is 0 Å². The standard InChI is InChI=1S/C76H128O6/c1-4-7-10-13-16-19-22-25-28-30-32-34-35-36-37-38-39-40-41-43-44-46-48-51-54-57-60-63-66-69-75(78)81-72-73(71-80-74(77)68-65-62-59-56-53-50-27-24-21-18-15-12-9-6-3)82-76(79)70-67-64-61-58-55-52-49-47-45-42-33-31-29-26-23-20-17-14-11-8-5-2/h7-8,10-11,16-17,19-20,25-26,28-29,32-34,36-37,42,47,49,73H,4-6,9,12-15,18,21-24,27,30-31,35,38-41,43-46,48,50-72H2,1-3H3/b10-7-,11-8-,19-16-,20-17-,28-25-,29-26-,34-32-,37-36-,42-33-,49-47-. The topological polar surface area (TPSA) is 78.9 Å². The Bertz CT molecular complexity index is 1690. The van der Waals surface area contributed by atoms with E-state index in [-0.39, 0.29) is 31.1 Å². The van der Waals surface area contributed by atoms with Crippen LogP contribution in [0.15, 0.2) is 122 Å². The Morgan fingerprint density at radius 2 is 0.476 bits per heavy atom. The minimum absolute atomic E-state index is 0.0846. The molecular weight excluding hydrogens is 1010 g/mol. The van der Waals surface area contributed by atoms with Crippen LogP contribution in [0.2, 0.25) is 0 Å². The van der Waals surface area contributed by atoms with Gasteiger partial charge in [0.1, 0.15) is 13.2 Å². The summed E-state index contributed by atoms with van der Waals surface area (Å²) in [4.78, 5) is 38.4. The first kappa shape index (κ1) is 77.8. The number of carbonyl (C=O) groups is 3. The predicted molar refractivity (Wildman–Crippen MR) is 357 cm³/mol. The Labute approximate surface area is 507 Å². The number of unbranched alkanes of at least 4 members (excludes halogenated alkanes) is 31. The summed E-state index contributed by atoms with van der Waals surface area (Å²) in [7, 11) is 0. The maximum atomic E-state index is 12.9. The fourth-order valence-corrected chi connectivity index (χ4v) is 9.62. The van der Waals surface area contributed by atoms with E-state index >= 15 is 0 Å². The molecule has 0 fully saturated rings. The van der Waals surface area contributed by atoms with Crippen molar-refractivity contribution >= 4 is 17.9 Å². The van der Waals surface area contributed by atoms with Gasteiger partial charge in [-0.25, -0.2) is 0 Å². The first-order chi connectivity index (χ1) is 40.5. The third-order valence-corrected chi connectivity index (χ3v) is 14.7. The third kappa shape index (κ3) is 66.6. The molecule has 0 amide bonds. The zero-order chi connectivity index (χ0) is 59.2. The van der Waals surface area contributed by atoms with Crippen molar-refractivity contribution in [2.45, 2.75) is 329 Å². The molecule has 0 aliphatic rings. The molecule has 6 nitrogen and oxygen atoms in total. The van der Waals surface area contributed by atoms with E-state index in [0.29, 0.717) is 19.3 Å². The summed E-state index contributed by atoms with van der Waals surface area (Å²) in [5.41, 5.74) is 0. The van der Waals surface area contributed by atoms with Crippen molar-refractivity contribution in [1.29, 1.82) is 0 Å². The number of hydrogen-bond donors (Lipinski definition) is 0. The van der Waals surface area contributed by atoms with Crippen LogP contribution in [0.3, 0.4) is 0 Å². The van der Waals surface area contributed by atoms with E-state index < -0.39 is 6.10 Å². The monoisotopic (exact) mass is 1140 g/mol. The van der Waals surface area contributed by atoms with Crippen molar-refractivity contribution in [2.24, 2.45) is 0 Å². The van der Waals surface area contributed by atoms with Crippen molar-refractivity contribution in [2.75, 3.05) is 13.2 Å². The Hall–Kier alpha value is -4.19. The molecule has 0 aromatic rings. The van der Waals surface area contributed by atoms with E-state index in [0.717, 1.165) is 141 Å². The molecule has 0 rings (SSSR count). The highest BCUT2D eigenvalue weighted by molar-refractivity contribution is 5.71. The van der Waals surface area contributed by atoms with E-state index in [1.54, 1.807) is 0 Å². The number of ether oxygens (including phenoxy) is 3. The summed E-state index contributed by atoms with van der Waals surface area (Å²) in [5.74, 6) is -0.893. The van der Waals surface area contributed by atoms with Gasteiger partial charge in [0.2, 0.25) is 0 Å². The second-order valence-corrected chi connectivity index (χ2v) is 22.7. The van der Waals surface area contributed by atoms with Gasteiger partial charge in [-0.2, -0.15) is 0 Å². The highest BCUT2D eigenvalue weighted by atomic mass is 16.6. The lowest BCUT2D eigenvalue weighted by atomic mass is 10.0. The second-order valence-electron chi connectivity index (χ2n) is 22.7. The minimum Gasteiger partial charge on any atom is -0.462 e. The molecule has 0 aliphatic heterocycles. The predicted octanol–water partition coefficient (Wildman–Crippen LogP) is 23.9. The van der Waals surface area contributed by atoms with Gasteiger partial charge in [0.05, 0.1) is 0 Å². The van der Waals surface area contributed by atoms with Gasteiger partial charge < -0.3 is 14.2 Å². The van der Waals surface area contributed by atoms with Gasteiger partial charge in [0.25, 0.3) is 0 Å². The molecule has 0 aromatic heterocycles. The molecule has 0 bridgehead atoms. The van der Waals surface area contributed by atoms with Crippen molar-refractivity contribution in [3.63, 3.8) is 0 Å². The van der Waals surface area contributed by atoms with Crippen LogP contribution in [0.1, 0.15) is 323 Å². The molecule has 0 aromatic carbocycles. The van der Waals surface area contributed by atoms with Gasteiger partial charge in [0, 0.05) is 19.3 Å². The lowest BCUT2D eigenvalue weighted by molar-refractivity contribution is -0.167. The van der Waals surface area contributed by atoms with E-state index in [9.17, 15) is 14.4 Å². The quantitative estimate of drug-likeness (QED) is 0.0261. The lowest BCUT2D eigenvalue weighted by Gasteiger charge is -2.18. The summed E-state index contributed by atoms with van der Waals surface area (Å²) in [6.07, 6.45) is 96.4. The van der Waals surface area contributed by atoms with Gasteiger partial charge in [0.15, 0.2) is 6.10 Å². The maximum Gasteiger partial charge on any atom is 0.306 e. The number of rotatable bonds is 62. The van der Waals surface area contributed by atoms with Crippen LogP contribution in [-0.4, -0.2) is 37.2 Å². The average molecular weight is 1140 g/mol. The Morgan fingerprint density at radius 3 is 0.744 bits per heavy atom. The van der Waals surface area contributed by atoms with E-state index in [4.69, 9.17) is 14.2 Å². The van der Waals surface area contributed by atoms with Crippen LogP contribution in [-0.2, 0) is 28.6 Å². The molecule has 0 aliphatic carbocycles. The van der Waals surface area contributed by atoms with Crippen LogP contribution in [0.25, 0.3) is 0 Å². The number of carbonyl (C=O) groups excluding carboxylic acids is 3. The van der Waals surface area contributed by atoms with Crippen LogP contribution in [0.5, 0.6) is 0 Å². The van der Waals surface area contributed by atoms with Crippen molar-refractivity contribution < 1.29 is 28.6 Å². The molecular formula is C76H128O6. The van der Waals surface area contributed by atoms with Crippen molar-refractivity contribution in [1.82, 2.24) is 0 Å². The smallest absolute Gasteiger partial charge is 0.306 e. The van der Waals surface area contributed by atoms with Gasteiger partial charge in [-0.3, -0.25) is 14.4 Å². The second kappa shape index (κ2) is 69.3. The highest BCUT2D eigenvalue weighted by Crippen LogP contribution is 2.17. The molecule has 468 valence electrons.